The van der Waals surface area contributed by atoms with Gasteiger partial charge in [0.15, 0.2) is 17.3 Å². The predicted molar refractivity (Wildman–Crippen MR) is 90.2 cm³/mol. The number of Topliss-reactive ketones (excluding diaryl/α,β-unsaturated/α-hetero) is 1. The Morgan fingerprint density at radius 1 is 1.08 bits per heavy atom. The van der Waals surface area contributed by atoms with Crippen molar-refractivity contribution in [3.05, 3.63) is 53.6 Å². The highest BCUT2D eigenvalue weighted by Gasteiger charge is 2.14. The minimum Gasteiger partial charge on any atom is -0.497 e. The third-order valence-electron chi connectivity index (χ3n) is 3.59. The molecule has 0 spiro atoms. The van der Waals surface area contributed by atoms with Crippen molar-refractivity contribution >= 4 is 17.8 Å². The maximum Gasteiger partial charge on any atom is 0.336 e. The Balaban J connectivity index is 1.75. The molecule has 1 aliphatic heterocycles. The van der Waals surface area contributed by atoms with E-state index in [4.69, 9.17) is 18.9 Å². The summed E-state index contributed by atoms with van der Waals surface area (Å²) in [5.41, 5.74) is 1.07. The van der Waals surface area contributed by atoms with Crippen LogP contribution in [0.3, 0.4) is 0 Å². The van der Waals surface area contributed by atoms with Crippen molar-refractivity contribution in [1.29, 1.82) is 0 Å². The van der Waals surface area contributed by atoms with E-state index in [2.05, 4.69) is 0 Å². The second kappa shape index (κ2) is 7.09. The van der Waals surface area contributed by atoms with Crippen LogP contribution in [0.1, 0.15) is 22.8 Å². The van der Waals surface area contributed by atoms with Gasteiger partial charge in [-0.1, -0.05) is 6.07 Å². The van der Waals surface area contributed by atoms with Crippen molar-refractivity contribution in [2.24, 2.45) is 0 Å². The lowest BCUT2D eigenvalue weighted by molar-refractivity contribution is -0.128. The lowest BCUT2D eigenvalue weighted by atomic mass is 10.1. The molecule has 0 radical (unpaired) electrons. The summed E-state index contributed by atoms with van der Waals surface area (Å²) in [6.07, 6.45) is 2.87. The number of carbonyl (C=O) groups excluding carboxylic acids is 2. The predicted octanol–water partition coefficient (Wildman–Crippen LogP) is 3.25. The zero-order valence-electron chi connectivity index (χ0n) is 13.8. The van der Waals surface area contributed by atoms with Crippen molar-refractivity contribution in [2.45, 2.75) is 6.92 Å². The molecule has 0 unspecified atom stereocenters. The topological polar surface area (TPSA) is 71.1 Å². The van der Waals surface area contributed by atoms with E-state index in [1.165, 1.54) is 26.2 Å². The van der Waals surface area contributed by atoms with Crippen LogP contribution in [0.25, 0.3) is 6.08 Å². The van der Waals surface area contributed by atoms with E-state index in [0.29, 0.717) is 22.8 Å². The first-order chi connectivity index (χ1) is 12.1. The van der Waals surface area contributed by atoms with E-state index in [1.54, 1.807) is 36.4 Å². The van der Waals surface area contributed by atoms with E-state index < -0.39 is 5.97 Å². The number of methoxy groups -OCH3 is 1. The minimum atomic E-state index is -0.603. The molecule has 0 aromatic heterocycles. The first-order valence-electron chi connectivity index (χ1n) is 7.55. The van der Waals surface area contributed by atoms with E-state index in [1.807, 2.05) is 0 Å². The maximum atomic E-state index is 12.1. The van der Waals surface area contributed by atoms with E-state index in [0.717, 1.165) is 5.56 Å². The molecule has 6 nitrogen and oxygen atoms in total. The lowest BCUT2D eigenvalue weighted by Gasteiger charge is -2.08. The lowest BCUT2D eigenvalue weighted by Crippen LogP contribution is -2.07. The number of ether oxygens (including phenoxy) is 4. The fourth-order valence-corrected chi connectivity index (χ4v) is 2.33. The van der Waals surface area contributed by atoms with Gasteiger partial charge in [-0.25, -0.2) is 4.79 Å². The van der Waals surface area contributed by atoms with Crippen LogP contribution in [-0.2, 0) is 4.79 Å². The average molecular weight is 340 g/mol. The second-order valence-electron chi connectivity index (χ2n) is 5.29. The molecule has 3 rings (SSSR count). The molecule has 0 amide bonds. The summed E-state index contributed by atoms with van der Waals surface area (Å²) >= 11 is 0. The molecule has 1 aliphatic rings. The van der Waals surface area contributed by atoms with Crippen LogP contribution >= 0.6 is 0 Å². The number of carbonyl (C=O) groups is 2. The molecular formula is C19H16O6. The zero-order chi connectivity index (χ0) is 17.8. The number of hydrogen-bond donors (Lipinski definition) is 0. The number of ketones is 1. The van der Waals surface area contributed by atoms with Gasteiger partial charge in [0.1, 0.15) is 11.5 Å². The smallest absolute Gasteiger partial charge is 0.336 e. The standard InChI is InChI=1S/C19H16O6/c1-12(20)15-6-5-14(22-2)10-17(15)25-19(21)8-4-13-3-7-16-18(9-13)24-11-23-16/h3-10H,11H2,1-2H3. The molecule has 2 aromatic rings. The van der Waals surface area contributed by atoms with Crippen LogP contribution in [0.2, 0.25) is 0 Å². The highest BCUT2D eigenvalue weighted by molar-refractivity contribution is 5.98. The van der Waals surface area contributed by atoms with E-state index in [-0.39, 0.29) is 18.3 Å². The first-order valence-corrected chi connectivity index (χ1v) is 7.55. The summed E-state index contributed by atoms with van der Waals surface area (Å²) in [4.78, 5) is 23.7. The van der Waals surface area contributed by atoms with Gasteiger partial charge < -0.3 is 18.9 Å². The number of rotatable bonds is 5. The van der Waals surface area contributed by atoms with Gasteiger partial charge in [-0.15, -0.1) is 0 Å². The summed E-state index contributed by atoms with van der Waals surface area (Å²) in [5.74, 6) is 1.14. The molecule has 25 heavy (non-hydrogen) atoms. The molecule has 0 fully saturated rings. The number of benzene rings is 2. The maximum absolute atomic E-state index is 12.1. The van der Waals surface area contributed by atoms with Gasteiger partial charge in [-0.05, 0) is 42.8 Å². The molecular weight excluding hydrogens is 324 g/mol. The van der Waals surface area contributed by atoms with Gasteiger partial charge in [-0.3, -0.25) is 4.79 Å². The Kier molecular flexibility index (Phi) is 4.70. The van der Waals surface area contributed by atoms with Crippen LogP contribution in [0.15, 0.2) is 42.5 Å². The summed E-state index contributed by atoms with van der Waals surface area (Å²) in [6, 6.07) is 10.0. The largest absolute Gasteiger partial charge is 0.497 e. The van der Waals surface area contributed by atoms with Crippen molar-refractivity contribution in [2.75, 3.05) is 13.9 Å². The number of esters is 1. The van der Waals surface area contributed by atoms with Gasteiger partial charge in [0.05, 0.1) is 12.7 Å². The summed E-state index contributed by atoms with van der Waals surface area (Å²) in [5, 5.41) is 0. The van der Waals surface area contributed by atoms with Gasteiger partial charge in [0, 0.05) is 12.1 Å². The third kappa shape index (κ3) is 3.80. The summed E-state index contributed by atoms with van der Waals surface area (Å²) in [7, 11) is 1.49. The molecule has 2 aromatic carbocycles. The van der Waals surface area contributed by atoms with Crippen molar-refractivity contribution in [3.8, 4) is 23.0 Å². The van der Waals surface area contributed by atoms with Gasteiger partial charge >= 0.3 is 5.97 Å². The van der Waals surface area contributed by atoms with Gasteiger partial charge in [0.25, 0.3) is 0 Å². The molecule has 0 bridgehead atoms. The fourth-order valence-electron chi connectivity index (χ4n) is 2.33. The fraction of sp³-hybridized carbons (Fsp3) is 0.158. The SMILES string of the molecule is COc1ccc(C(C)=O)c(OC(=O)C=Cc2ccc3c(c2)OCO3)c1. The van der Waals surface area contributed by atoms with E-state index >= 15 is 0 Å². The second-order valence-corrected chi connectivity index (χ2v) is 5.29. The first kappa shape index (κ1) is 16.6. The quantitative estimate of drug-likeness (QED) is 0.360. The van der Waals surface area contributed by atoms with Crippen LogP contribution in [0.4, 0.5) is 0 Å². The Morgan fingerprint density at radius 2 is 1.88 bits per heavy atom. The van der Waals surface area contributed by atoms with Gasteiger partial charge in [-0.2, -0.15) is 0 Å². The Labute approximate surface area is 144 Å². The molecule has 0 N–H and O–H groups in total. The van der Waals surface area contributed by atoms with Gasteiger partial charge in [0.2, 0.25) is 6.79 Å². The summed E-state index contributed by atoms with van der Waals surface area (Å²) < 4.78 is 20.9. The normalized spacial score (nSPS) is 12.2. The average Bonchev–Trinajstić information content (AvgIpc) is 3.07. The monoisotopic (exact) mass is 340 g/mol. The van der Waals surface area contributed by atoms with Crippen LogP contribution in [-0.4, -0.2) is 25.7 Å². The Hall–Kier alpha value is -3.28. The molecule has 0 saturated heterocycles. The molecule has 0 aliphatic carbocycles. The van der Waals surface area contributed by atoms with Crippen molar-refractivity contribution in [3.63, 3.8) is 0 Å². The summed E-state index contributed by atoms with van der Waals surface area (Å²) in [6.45, 7) is 1.59. The van der Waals surface area contributed by atoms with Crippen LogP contribution in [0, 0.1) is 0 Å². The molecule has 6 heteroatoms. The highest BCUT2D eigenvalue weighted by atomic mass is 16.7. The molecule has 1 heterocycles. The molecule has 0 atom stereocenters. The van der Waals surface area contributed by atoms with Crippen molar-refractivity contribution < 1.29 is 28.5 Å². The van der Waals surface area contributed by atoms with Crippen molar-refractivity contribution in [1.82, 2.24) is 0 Å². The minimum absolute atomic E-state index is 0.159. The zero-order valence-corrected chi connectivity index (χ0v) is 13.8. The van der Waals surface area contributed by atoms with E-state index in [9.17, 15) is 9.59 Å². The molecule has 128 valence electrons. The molecule has 0 saturated carbocycles. The number of hydrogen-bond acceptors (Lipinski definition) is 6. The Bertz CT molecular complexity index is 853. The van der Waals surface area contributed by atoms with Crippen LogP contribution < -0.4 is 18.9 Å². The van der Waals surface area contributed by atoms with Crippen LogP contribution in [0.5, 0.6) is 23.0 Å². The Morgan fingerprint density at radius 3 is 2.64 bits per heavy atom. The third-order valence-corrected chi connectivity index (χ3v) is 3.59. The highest BCUT2D eigenvalue weighted by Crippen LogP contribution is 2.32. The number of fused-ring (bicyclic) bond motifs is 1.